The fourth-order valence-corrected chi connectivity index (χ4v) is 3.90. The molecule has 1 aromatic heterocycles. The summed E-state index contributed by atoms with van der Waals surface area (Å²) >= 11 is 0. The Morgan fingerprint density at radius 3 is 2.25 bits per heavy atom. The number of hydrogen-bond acceptors (Lipinski definition) is 7. The van der Waals surface area contributed by atoms with Crippen molar-refractivity contribution in [2.45, 2.75) is 32.5 Å². The Bertz CT molecular complexity index is 1080. The van der Waals surface area contributed by atoms with Crippen LogP contribution >= 0.6 is 0 Å². The lowest BCUT2D eigenvalue weighted by molar-refractivity contribution is -0.143. The molecule has 2 amide bonds. The van der Waals surface area contributed by atoms with E-state index in [-0.39, 0.29) is 30.3 Å². The van der Waals surface area contributed by atoms with Crippen LogP contribution in [0.2, 0.25) is 0 Å². The van der Waals surface area contributed by atoms with Gasteiger partial charge in [0.2, 0.25) is 0 Å². The first-order chi connectivity index (χ1) is 17.0. The minimum absolute atomic E-state index is 0.0222. The van der Waals surface area contributed by atoms with Crippen molar-refractivity contribution in [2.24, 2.45) is 5.92 Å². The molecular formula is C24H28F3N5O4. The molecule has 1 saturated heterocycles. The van der Waals surface area contributed by atoms with Crippen molar-refractivity contribution in [3.8, 4) is 0 Å². The minimum atomic E-state index is -4.62. The summed E-state index contributed by atoms with van der Waals surface area (Å²) in [7, 11) is 1.25. The summed E-state index contributed by atoms with van der Waals surface area (Å²) in [5.74, 6) is -1.19. The number of nitrogens with one attached hydrogen (secondary N) is 1. The van der Waals surface area contributed by atoms with E-state index in [1.807, 2.05) is 18.7 Å². The Kier molecular flexibility index (Phi) is 8.49. The van der Waals surface area contributed by atoms with Crippen LogP contribution in [0.1, 0.15) is 46.7 Å². The Balaban J connectivity index is 1.61. The highest BCUT2D eigenvalue weighted by molar-refractivity contribution is 5.96. The number of methoxy groups -OCH3 is 1. The number of esters is 1. The molecule has 9 nitrogen and oxygen atoms in total. The number of carbonyl (C=O) groups is 3. The molecule has 0 bridgehead atoms. The summed E-state index contributed by atoms with van der Waals surface area (Å²) in [6.45, 7) is 4.89. The third kappa shape index (κ3) is 6.49. The molecular weight excluding hydrogens is 479 g/mol. The van der Waals surface area contributed by atoms with Crippen molar-refractivity contribution in [1.29, 1.82) is 0 Å². The SMILES string of the molecule is COC(=O)C(CC(C)C)NC(=O)c1ccc(N2CCN(C(=O)c3ccccc3C(F)(F)F)CC2)nn1. The zero-order chi connectivity index (χ0) is 26.5. The monoisotopic (exact) mass is 507 g/mol. The fourth-order valence-electron chi connectivity index (χ4n) is 3.90. The van der Waals surface area contributed by atoms with Crippen molar-refractivity contribution in [3.05, 3.63) is 53.2 Å². The second-order valence-corrected chi connectivity index (χ2v) is 8.78. The average molecular weight is 508 g/mol. The van der Waals surface area contributed by atoms with E-state index in [0.29, 0.717) is 25.3 Å². The Morgan fingerprint density at radius 1 is 1.03 bits per heavy atom. The number of anilines is 1. The zero-order valence-corrected chi connectivity index (χ0v) is 20.2. The van der Waals surface area contributed by atoms with Crippen molar-refractivity contribution >= 4 is 23.6 Å². The molecule has 194 valence electrons. The van der Waals surface area contributed by atoms with Crippen molar-refractivity contribution in [3.63, 3.8) is 0 Å². The fraction of sp³-hybridized carbons (Fsp3) is 0.458. The molecule has 2 aromatic rings. The number of benzene rings is 1. The molecule has 0 radical (unpaired) electrons. The minimum Gasteiger partial charge on any atom is -0.467 e. The van der Waals surface area contributed by atoms with Gasteiger partial charge >= 0.3 is 12.1 Å². The van der Waals surface area contributed by atoms with E-state index in [0.717, 1.165) is 6.07 Å². The summed E-state index contributed by atoms with van der Waals surface area (Å²) in [5.41, 5.74) is -1.31. The summed E-state index contributed by atoms with van der Waals surface area (Å²) < 4.78 is 44.6. The van der Waals surface area contributed by atoms with Gasteiger partial charge in [-0.05, 0) is 36.6 Å². The lowest BCUT2D eigenvalue weighted by atomic mass is 10.0. The van der Waals surface area contributed by atoms with Gasteiger partial charge in [0, 0.05) is 26.2 Å². The molecule has 1 unspecified atom stereocenters. The molecule has 1 aliphatic rings. The third-order valence-electron chi connectivity index (χ3n) is 5.73. The number of amides is 2. The highest BCUT2D eigenvalue weighted by atomic mass is 19.4. The molecule has 0 spiro atoms. The van der Waals surface area contributed by atoms with Gasteiger partial charge in [-0.15, -0.1) is 10.2 Å². The summed E-state index contributed by atoms with van der Waals surface area (Å²) in [6.07, 6.45) is -4.22. The van der Waals surface area contributed by atoms with Gasteiger partial charge in [0.15, 0.2) is 11.5 Å². The van der Waals surface area contributed by atoms with Crippen molar-refractivity contribution in [1.82, 2.24) is 20.4 Å². The number of ether oxygens (including phenoxy) is 1. The van der Waals surface area contributed by atoms with Crippen LogP contribution in [-0.2, 0) is 15.7 Å². The maximum absolute atomic E-state index is 13.3. The summed E-state index contributed by atoms with van der Waals surface area (Å²) in [6, 6.07) is 6.98. The van der Waals surface area contributed by atoms with Gasteiger partial charge in [-0.2, -0.15) is 13.2 Å². The molecule has 12 heteroatoms. The molecule has 2 heterocycles. The molecule has 1 aromatic carbocycles. The molecule has 1 fully saturated rings. The number of piperazine rings is 1. The quantitative estimate of drug-likeness (QED) is 0.575. The molecule has 0 saturated carbocycles. The first-order valence-electron chi connectivity index (χ1n) is 11.4. The van der Waals surface area contributed by atoms with Crippen LogP contribution in [0.25, 0.3) is 0 Å². The molecule has 1 N–H and O–H groups in total. The topological polar surface area (TPSA) is 105 Å². The van der Waals surface area contributed by atoms with Gasteiger partial charge in [-0.25, -0.2) is 4.79 Å². The summed E-state index contributed by atoms with van der Waals surface area (Å²) in [5, 5.41) is 10.6. The number of alkyl halides is 3. The Labute approximate surface area is 206 Å². The van der Waals surface area contributed by atoms with Gasteiger partial charge in [-0.1, -0.05) is 26.0 Å². The van der Waals surface area contributed by atoms with Gasteiger partial charge < -0.3 is 19.9 Å². The number of carbonyl (C=O) groups excluding carboxylic acids is 3. The number of nitrogens with zero attached hydrogens (tertiary/aromatic N) is 4. The van der Waals surface area contributed by atoms with Gasteiger partial charge in [-0.3, -0.25) is 9.59 Å². The maximum Gasteiger partial charge on any atom is 0.417 e. The van der Waals surface area contributed by atoms with Crippen LogP contribution in [0.4, 0.5) is 19.0 Å². The van der Waals surface area contributed by atoms with Crippen LogP contribution in [0.3, 0.4) is 0 Å². The number of rotatable bonds is 7. The van der Waals surface area contributed by atoms with E-state index in [4.69, 9.17) is 4.74 Å². The maximum atomic E-state index is 13.3. The standard InChI is InChI=1S/C24H28F3N5O4/c1-15(2)14-19(23(35)36-3)28-21(33)18-8-9-20(30-29-18)31-10-12-32(13-11-31)22(34)16-6-4-5-7-17(16)24(25,26)27/h4-9,15,19H,10-14H2,1-3H3,(H,28,33). The van der Waals surface area contributed by atoms with Crippen LogP contribution < -0.4 is 10.2 Å². The van der Waals surface area contributed by atoms with E-state index in [9.17, 15) is 27.6 Å². The first kappa shape index (κ1) is 26.9. The van der Waals surface area contributed by atoms with E-state index in [1.54, 1.807) is 6.07 Å². The average Bonchev–Trinajstić information content (AvgIpc) is 2.86. The summed E-state index contributed by atoms with van der Waals surface area (Å²) in [4.78, 5) is 40.4. The predicted octanol–water partition coefficient (Wildman–Crippen LogP) is 2.78. The zero-order valence-electron chi connectivity index (χ0n) is 20.2. The number of hydrogen-bond donors (Lipinski definition) is 1. The second-order valence-electron chi connectivity index (χ2n) is 8.78. The normalized spacial score (nSPS) is 15.0. The van der Waals surface area contributed by atoms with E-state index in [2.05, 4.69) is 15.5 Å². The van der Waals surface area contributed by atoms with Gasteiger partial charge in [0.1, 0.15) is 6.04 Å². The van der Waals surface area contributed by atoms with Crippen molar-refractivity contribution in [2.75, 3.05) is 38.2 Å². The molecule has 36 heavy (non-hydrogen) atoms. The van der Waals surface area contributed by atoms with Gasteiger partial charge in [0.25, 0.3) is 11.8 Å². The lowest BCUT2D eigenvalue weighted by Gasteiger charge is -2.35. The molecule has 3 rings (SSSR count). The van der Waals surface area contributed by atoms with Crippen LogP contribution in [0.5, 0.6) is 0 Å². The third-order valence-corrected chi connectivity index (χ3v) is 5.73. The van der Waals surface area contributed by atoms with Crippen LogP contribution in [-0.4, -0.2) is 72.2 Å². The van der Waals surface area contributed by atoms with Crippen molar-refractivity contribution < 1.29 is 32.3 Å². The van der Waals surface area contributed by atoms with Crippen LogP contribution in [0.15, 0.2) is 36.4 Å². The van der Waals surface area contributed by atoms with E-state index in [1.165, 1.54) is 36.3 Å². The Hall–Kier alpha value is -3.70. The van der Waals surface area contributed by atoms with Crippen LogP contribution in [0, 0.1) is 5.92 Å². The number of halogens is 3. The highest BCUT2D eigenvalue weighted by Crippen LogP contribution is 2.32. The lowest BCUT2D eigenvalue weighted by Crippen LogP contribution is -2.49. The largest absolute Gasteiger partial charge is 0.467 e. The second kappa shape index (κ2) is 11.4. The van der Waals surface area contributed by atoms with Gasteiger partial charge in [0.05, 0.1) is 18.2 Å². The molecule has 1 aliphatic heterocycles. The number of aromatic nitrogens is 2. The Morgan fingerprint density at radius 2 is 1.69 bits per heavy atom. The predicted molar refractivity (Wildman–Crippen MR) is 124 cm³/mol. The van der Waals surface area contributed by atoms with E-state index >= 15 is 0 Å². The molecule has 1 atom stereocenters. The van der Waals surface area contributed by atoms with E-state index < -0.39 is 35.6 Å². The smallest absolute Gasteiger partial charge is 0.417 e. The highest BCUT2D eigenvalue weighted by Gasteiger charge is 2.36. The first-order valence-corrected chi connectivity index (χ1v) is 11.4. The molecule has 0 aliphatic carbocycles.